The summed E-state index contributed by atoms with van der Waals surface area (Å²) < 4.78 is 47.9. The molecule has 0 bridgehead atoms. The number of quaternary nitrogens is 1. The van der Waals surface area contributed by atoms with E-state index in [9.17, 15) is 28.0 Å². The molecule has 2 N–H and O–H groups in total. The van der Waals surface area contributed by atoms with Gasteiger partial charge in [-0.25, -0.2) is 19.3 Å². The second kappa shape index (κ2) is 13.6. The molecular formula is C30H34F3N6O5+. The summed E-state index contributed by atoms with van der Waals surface area (Å²) in [6.07, 6.45) is -2.33. The van der Waals surface area contributed by atoms with E-state index >= 15 is 0 Å². The van der Waals surface area contributed by atoms with Gasteiger partial charge in [0.15, 0.2) is 0 Å². The Bertz CT molecular complexity index is 1650. The maximum absolute atomic E-state index is 13.6. The van der Waals surface area contributed by atoms with Crippen LogP contribution >= 0.6 is 0 Å². The first-order chi connectivity index (χ1) is 20.7. The Balaban J connectivity index is 0.00000169. The minimum atomic E-state index is -4.61. The molecule has 0 unspecified atom stereocenters. The molecule has 234 valence electrons. The van der Waals surface area contributed by atoms with Gasteiger partial charge in [-0.05, 0) is 67.6 Å². The maximum atomic E-state index is 13.6. The zero-order valence-electron chi connectivity index (χ0n) is 25.0. The highest BCUT2D eigenvalue weighted by Crippen LogP contribution is 2.43. The SMILES string of the molecule is COC(=O)C1=C(C)N(c2cccc(C(F)(F)F)c2)c2n[nH]c(=O)n2[C@@H]1c1ccc(C#N)cc1CCCC[N+](C)(C)C.O=CO. The average molecular weight is 616 g/mol. The number of nitriles is 1. The number of aromatic nitrogens is 3. The third-order valence-corrected chi connectivity index (χ3v) is 7.07. The summed E-state index contributed by atoms with van der Waals surface area (Å²) in [5.74, 6) is -0.728. The van der Waals surface area contributed by atoms with Crippen molar-refractivity contribution in [2.75, 3.05) is 39.7 Å². The van der Waals surface area contributed by atoms with Gasteiger partial charge in [-0.3, -0.25) is 9.69 Å². The quantitative estimate of drug-likeness (QED) is 0.165. The van der Waals surface area contributed by atoms with Crippen LogP contribution in [0.3, 0.4) is 0 Å². The van der Waals surface area contributed by atoms with Crippen molar-refractivity contribution < 1.29 is 37.1 Å². The number of unbranched alkanes of at least 4 members (excludes halogenated alkanes) is 1. The lowest BCUT2D eigenvalue weighted by atomic mass is 9.88. The molecule has 1 atom stereocenters. The predicted molar refractivity (Wildman–Crippen MR) is 155 cm³/mol. The highest BCUT2D eigenvalue weighted by atomic mass is 19.4. The van der Waals surface area contributed by atoms with Gasteiger partial charge in [-0.2, -0.15) is 18.4 Å². The predicted octanol–water partition coefficient (Wildman–Crippen LogP) is 4.38. The molecule has 0 aliphatic carbocycles. The second-order valence-electron chi connectivity index (χ2n) is 11.1. The third-order valence-electron chi connectivity index (χ3n) is 7.07. The van der Waals surface area contributed by atoms with Crippen molar-refractivity contribution in [2.24, 2.45) is 0 Å². The van der Waals surface area contributed by atoms with Gasteiger partial charge >= 0.3 is 17.8 Å². The van der Waals surface area contributed by atoms with Gasteiger partial charge in [0, 0.05) is 11.4 Å². The van der Waals surface area contributed by atoms with Crippen LogP contribution in [-0.4, -0.2) is 71.6 Å². The minimum Gasteiger partial charge on any atom is -0.483 e. The van der Waals surface area contributed by atoms with E-state index in [4.69, 9.17) is 14.6 Å². The number of allylic oxidation sites excluding steroid dienone is 1. The number of methoxy groups -OCH3 is 1. The van der Waals surface area contributed by atoms with E-state index in [1.165, 1.54) is 28.7 Å². The lowest BCUT2D eigenvalue weighted by Crippen LogP contribution is -2.38. The van der Waals surface area contributed by atoms with Crippen molar-refractivity contribution in [3.05, 3.63) is 86.5 Å². The number of nitrogens with one attached hydrogen (secondary N) is 1. The topological polar surface area (TPSA) is 141 Å². The van der Waals surface area contributed by atoms with Crippen molar-refractivity contribution in [3.8, 4) is 6.07 Å². The van der Waals surface area contributed by atoms with Crippen LogP contribution in [0.25, 0.3) is 0 Å². The number of halogens is 3. The van der Waals surface area contributed by atoms with Gasteiger partial charge in [0.2, 0.25) is 5.95 Å². The average Bonchev–Trinajstić information content (AvgIpc) is 3.34. The van der Waals surface area contributed by atoms with Crippen molar-refractivity contribution in [3.63, 3.8) is 0 Å². The molecule has 0 spiro atoms. The number of fused-ring (bicyclic) bond motifs is 1. The zero-order chi connectivity index (χ0) is 32.8. The van der Waals surface area contributed by atoms with Gasteiger partial charge in [0.25, 0.3) is 6.47 Å². The van der Waals surface area contributed by atoms with Crippen LogP contribution < -0.4 is 10.6 Å². The Morgan fingerprint density at radius 2 is 1.89 bits per heavy atom. The van der Waals surface area contributed by atoms with Crippen molar-refractivity contribution in [1.82, 2.24) is 14.8 Å². The number of hydrogen-bond acceptors (Lipinski definition) is 7. The molecule has 1 aliphatic rings. The number of carbonyl (C=O) groups is 2. The smallest absolute Gasteiger partial charge is 0.416 e. The molecule has 0 radical (unpaired) electrons. The molecule has 44 heavy (non-hydrogen) atoms. The Morgan fingerprint density at radius 3 is 2.48 bits per heavy atom. The molecule has 0 saturated carbocycles. The van der Waals surface area contributed by atoms with E-state index in [2.05, 4.69) is 37.4 Å². The van der Waals surface area contributed by atoms with E-state index in [1.54, 1.807) is 25.1 Å². The normalized spacial score (nSPS) is 14.7. The number of H-pyrrole nitrogens is 1. The standard InChI is InChI=1S/C29H31F3N6O3.CH2O2/c1-18-24(26(39)41-5)25(23-13-12-19(17-33)15-20(23)9-6-7-14-38(2,3)4)37-27(34-35-28(37)40)36(18)22-11-8-10-21(16-22)29(30,31)32;2-1-3/h8,10-13,15-16,25H,6-7,9,14H2,1-5H3;1H,(H,2,3)/p+1/t25-;/m1./s1. The van der Waals surface area contributed by atoms with Crippen molar-refractivity contribution >= 4 is 24.1 Å². The molecule has 0 fully saturated rings. The van der Waals surface area contributed by atoms with Crippen LogP contribution in [0.15, 0.2) is 58.5 Å². The summed E-state index contributed by atoms with van der Waals surface area (Å²) >= 11 is 0. The Labute approximate surface area is 252 Å². The molecule has 2 heterocycles. The van der Waals surface area contributed by atoms with Gasteiger partial charge < -0.3 is 14.3 Å². The first kappa shape index (κ1) is 33.6. The molecular weight excluding hydrogens is 581 g/mol. The molecule has 14 heteroatoms. The van der Waals surface area contributed by atoms with Crippen LogP contribution in [0.1, 0.15) is 48.1 Å². The first-order valence-electron chi connectivity index (χ1n) is 13.5. The Kier molecular flexibility index (Phi) is 10.4. The number of aryl methyl sites for hydroxylation is 1. The van der Waals surface area contributed by atoms with E-state index in [1.807, 2.05) is 0 Å². The number of aromatic amines is 1. The van der Waals surface area contributed by atoms with Gasteiger partial charge in [0.05, 0.1) is 57.6 Å². The number of hydrogen-bond donors (Lipinski definition) is 2. The van der Waals surface area contributed by atoms with E-state index in [0.29, 0.717) is 17.5 Å². The second-order valence-corrected chi connectivity index (χ2v) is 11.1. The third kappa shape index (κ3) is 7.35. The van der Waals surface area contributed by atoms with E-state index in [-0.39, 0.29) is 29.4 Å². The van der Waals surface area contributed by atoms with Crippen LogP contribution in [0.5, 0.6) is 0 Å². The van der Waals surface area contributed by atoms with Crippen LogP contribution in [0.4, 0.5) is 24.8 Å². The molecule has 1 aromatic heterocycles. The number of benzene rings is 2. The van der Waals surface area contributed by atoms with Gasteiger partial charge in [-0.1, -0.05) is 12.1 Å². The highest BCUT2D eigenvalue weighted by Gasteiger charge is 2.41. The lowest BCUT2D eigenvalue weighted by Gasteiger charge is -2.36. The molecule has 11 nitrogen and oxygen atoms in total. The summed E-state index contributed by atoms with van der Waals surface area (Å²) in [6.45, 7) is 2.26. The van der Waals surface area contributed by atoms with Crippen molar-refractivity contribution in [1.29, 1.82) is 5.26 Å². The number of rotatable bonds is 8. The summed E-state index contributed by atoms with van der Waals surface area (Å²) in [7, 11) is 7.50. The lowest BCUT2D eigenvalue weighted by molar-refractivity contribution is -0.870. The summed E-state index contributed by atoms with van der Waals surface area (Å²) in [4.78, 5) is 36.2. The number of carbonyl (C=O) groups excluding carboxylic acids is 1. The minimum absolute atomic E-state index is 0.0184. The Hall–Kier alpha value is -4.90. The molecule has 0 saturated heterocycles. The summed E-state index contributed by atoms with van der Waals surface area (Å²) in [5.41, 5.74) is 0.646. The molecule has 0 amide bonds. The zero-order valence-corrected chi connectivity index (χ0v) is 25.0. The molecule has 2 aromatic carbocycles. The fourth-order valence-electron chi connectivity index (χ4n) is 5.14. The first-order valence-corrected chi connectivity index (χ1v) is 13.5. The number of alkyl halides is 3. The fraction of sp³-hybridized carbons (Fsp3) is 0.367. The van der Waals surface area contributed by atoms with Gasteiger partial charge in [-0.15, -0.1) is 5.10 Å². The Morgan fingerprint density at radius 1 is 1.20 bits per heavy atom. The van der Waals surface area contributed by atoms with Gasteiger partial charge in [0.1, 0.15) is 6.04 Å². The number of nitrogens with zero attached hydrogens (tertiary/aromatic N) is 5. The fourth-order valence-corrected chi connectivity index (χ4v) is 5.14. The molecule has 4 rings (SSSR count). The summed E-state index contributed by atoms with van der Waals surface area (Å²) in [6, 6.07) is 10.8. The highest BCUT2D eigenvalue weighted by molar-refractivity contribution is 5.93. The van der Waals surface area contributed by atoms with Crippen LogP contribution in [-0.2, 0) is 26.9 Å². The monoisotopic (exact) mass is 615 g/mol. The maximum Gasteiger partial charge on any atom is 0.416 e. The number of esters is 1. The molecule has 1 aliphatic heterocycles. The van der Waals surface area contributed by atoms with Crippen LogP contribution in [0, 0.1) is 11.3 Å². The van der Waals surface area contributed by atoms with Crippen molar-refractivity contribution in [2.45, 2.75) is 38.4 Å². The largest absolute Gasteiger partial charge is 0.483 e. The summed E-state index contributed by atoms with van der Waals surface area (Å²) in [5, 5.41) is 23.0. The number of anilines is 2. The number of ether oxygens (including phenoxy) is 1. The molecule has 3 aromatic rings. The van der Waals surface area contributed by atoms with E-state index in [0.717, 1.165) is 41.6 Å². The number of carboxylic acid groups (broad SMARTS) is 1. The van der Waals surface area contributed by atoms with Crippen LogP contribution in [0.2, 0.25) is 0 Å². The van der Waals surface area contributed by atoms with E-state index < -0.39 is 29.4 Å².